The van der Waals surface area contributed by atoms with Crippen molar-refractivity contribution in [2.75, 3.05) is 20.7 Å². The summed E-state index contributed by atoms with van der Waals surface area (Å²) in [6.07, 6.45) is 5.44. The maximum absolute atomic E-state index is 11.8. The van der Waals surface area contributed by atoms with Crippen LogP contribution < -0.4 is 5.32 Å². The number of rotatable bonds is 4. The van der Waals surface area contributed by atoms with Crippen molar-refractivity contribution in [3.63, 3.8) is 0 Å². The summed E-state index contributed by atoms with van der Waals surface area (Å²) in [5, 5.41) is 12.8. The molecule has 4 nitrogen and oxygen atoms in total. The van der Waals surface area contributed by atoms with E-state index in [1.165, 1.54) is 6.42 Å². The van der Waals surface area contributed by atoms with Gasteiger partial charge in [0.15, 0.2) is 0 Å². The third-order valence-electron chi connectivity index (χ3n) is 3.45. The molecule has 1 atom stereocenters. The molecule has 1 unspecified atom stereocenters. The van der Waals surface area contributed by atoms with Crippen molar-refractivity contribution < 1.29 is 9.90 Å². The van der Waals surface area contributed by atoms with Gasteiger partial charge in [0.05, 0.1) is 12.6 Å². The zero-order valence-corrected chi connectivity index (χ0v) is 10.6. The number of aliphatic hydroxyl groups excluding tert-OH is 1. The van der Waals surface area contributed by atoms with E-state index in [1.54, 1.807) is 19.0 Å². The Kier molecular flexibility index (Phi) is 4.74. The van der Waals surface area contributed by atoms with Gasteiger partial charge in [-0.2, -0.15) is 0 Å². The Labute approximate surface area is 98.0 Å². The fraction of sp³-hybridized carbons (Fsp3) is 0.917. The van der Waals surface area contributed by atoms with Crippen molar-refractivity contribution in [3.8, 4) is 0 Å². The van der Waals surface area contributed by atoms with Crippen LogP contribution in [0.2, 0.25) is 0 Å². The minimum absolute atomic E-state index is 0.0680. The van der Waals surface area contributed by atoms with Crippen LogP contribution in [0.15, 0.2) is 0 Å². The van der Waals surface area contributed by atoms with E-state index in [0.717, 1.165) is 25.7 Å². The zero-order valence-electron chi connectivity index (χ0n) is 10.6. The predicted octanol–water partition coefficient (Wildman–Crippen LogP) is 0.748. The molecule has 1 fully saturated rings. The summed E-state index contributed by atoms with van der Waals surface area (Å²) < 4.78 is 0. The Morgan fingerprint density at radius 3 is 2.38 bits per heavy atom. The van der Waals surface area contributed by atoms with E-state index >= 15 is 0 Å². The van der Waals surface area contributed by atoms with Gasteiger partial charge in [0.1, 0.15) is 0 Å². The molecule has 0 aromatic heterocycles. The Balaban J connectivity index is 2.58. The van der Waals surface area contributed by atoms with Gasteiger partial charge in [-0.1, -0.05) is 19.3 Å². The molecular formula is C12H24N2O2. The second-order valence-corrected chi connectivity index (χ2v) is 5.10. The monoisotopic (exact) mass is 228 g/mol. The molecule has 0 spiro atoms. The molecule has 94 valence electrons. The molecule has 2 N–H and O–H groups in total. The number of nitrogens with one attached hydrogen (secondary N) is 1. The molecule has 0 aromatic rings. The van der Waals surface area contributed by atoms with Gasteiger partial charge in [0, 0.05) is 19.6 Å². The number of hydrogen-bond acceptors (Lipinski definition) is 3. The first kappa shape index (κ1) is 13.5. The van der Waals surface area contributed by atoms with E-state index in [9.17, 15) is 9.90 Å². The Morgan fingerprint density at radius 1 is 1.38 bits per heavy atom. The second-order valence-electron chi connectivity index (χ2n) is 5.10. The van der Waals surface area contributed by atoms with Gasteiger partial charge in [-0.15, -0.1) is 0 Å². The van der Waals surface area contributed by atoms with E-state index in [0.29, 0.717) is 0 Å². The van der Waals surface area contributed by atoms with Crippen LogP contribution in [-0.4, -0.2) is 48.2 Å². The van der Waals surface area contributed by atoms with Crippen LogP contribution >= 0.6 is 0 Å². The van der Waals surface area contributed by atoms with Gasteiger partial charge in [-0.25, -0.2) is 0 Å². The fourth-order valence-electron chi connectivity index (χ4n) is 2.48. The smallest absolute Gasteiger partial charge is 0.238 e. The van der Waals surface area contributed by atoms with Gasteiger partial charge in [-0.05, 0) is 19.8 Å². The maximum atomic E-state index is 11.8. The van der Waals surface area contributed by atoms with Gasteiger partial charge in [-0.3, -0.25) is 10.1 Å². The van der Waals surface area contributed by atoms with Gasteiger partial charge < -0.3 is 10.0 Å². The molecule has 1 saturated carbocycles. The average Bonchev–Trinajstić information content (AvgIpc) is 2.29. The number of hydrogen-bond donors (Lipinski definition) is 2. The average molecular weight is 228 g/mol. The van der Waals surface area contributed by atoms with Crippen molar-refractivity contribution >= 4 is 5.91 Å². The molecule has 0 heterocycles. The summed E-state index contributed by atoms with van der Waals surface area (Å²) in [6.45, 7) is 1.99. The highest BCUT2D eigenvalue weighted by molar-refractivity contribution is 5.81. The minimum Gasteiger partial charge on any atom is -0.394 e. The number of carbonyl (C=O) groups is 1. The lowest BCUT2D eigenvalue weighted by Crippen LogP contribution is -2.57. The third-order valence-corrected chi connectivity index (χ3v) is 3.45. The van der Waals surface area contributed by atoms with Crippen molar-refractivity contribution in [1.29, 1.82) is 0 Å². The zero-order chi connectivity index (χ0) is 12.2. The van der Waals surface area contributed by atoms with E-state index < -0.39 is 0 Å². The molecule has 1 aliphatic carbocycles. The van der Waals surface area contributed by atoms with Crippen molar-refractivity contribution in [2.45, 2.75) is 50.6 Å². The lowest BCUT2D eigenvalue weighted by atomic mass is 9.81. The fourth-order valence-corrected chi connectivity index (χ4v) is 2.48. The largest absolute Gasteiger partial charge is 0.394 e. The lowest BCUT2D eigenvalue weighted by Gasteiger charge is -2.39. The van der Waals surface area contributed by atoms with Gasteiger partial charge in [0.25, 0.3) is 0 Å². The Hall–Kier alpha value is -0.610. The molecule has 0 bridgehead atoms. The van der Waals surface area contributed by atoms with Crippen LogP contribution in [0, 0.1) is 0 Å². The van der Waals surface area contributed by atoms with Crippen LogP contribution in [0.25, 0.3) is 0 Å². The number of amides is 1. The summed E-state index contributed by atoms with van der Waals surface area (Å²) in [5.74, 6) is 0.0680. The highest BCUT2D eigenvalue weighted by Crippen LogP contribution is 2.28. The second kappa shape index (κ2) is 5.64. The summed E-state index contributed by atoms with van der Waals surface area (Å²) in [4.78, 5) is 13.3. The molecule has 16 heavy (non-hydrogen) atoms. The Morgan fingerprint density at radius 2 is 1.94 bits per heavy atom. The molecule has 4 heteroatoms. The van der Waals surface area contributed by atoms with Crippen LogP contribution in [-0.2, 0) is 4.79 Å². The van der Waals surface area contributed by atoms with Crippen LogP contribution in [0.4, 0.5) is 0 Å². The number of likely N-dealkylation sites (N-methyl/N-ethyl adjacent to an activating group) is 1. The van der Waals surface area contributed by atoms with Crippen molar-refractivity contribution in [2.24, 2.45) is 0 Å². The van der Waals surface area contributed by atoms with Crippen molar-refractivity contribution in [1.82, 2.24) is 10.2 Å². The number of aliphatic hydroxyl groups is 1. The topological polar surface area (TPSA) is 52.6 Å². The quantitative estimate of drug-likeness (QED) is 0.746. The standard InChI is InChI=1S/C12H24N2O2/c1-10(11(16)14(2)3)13-12(9-15)7-5-4-6-8-12/h10,13,15H,4-9H2,1-3H3. The van der Waals surface area contributed by atoms with E-state index in [2.05, 4.69) is 5.32 Å². The van der Waals surface area contributed by atoms with Crippen LogP contribution in [0.5, 0.6) is 0 Å². The summed E-state index contributed by atoms with van der Waals surface area (Å²) >= 11 is 0. The van der Waals surface area contributed by atoms with Crippen molar-refractivity contribution in [3.05, 3.63) is 0 Å². The molecular weight excluding hydrogens is 204 g/mol. The molecule has 0 aliphatic heterocycles. The summed E-state index contributed by atoms with van der Waals surface area (Å²) in [5.41, 5.74) is -0.233. The van der Waals surface area contributed by atoms with E-state index in [4.69, 9.17) is 0 Å². The Bertz CT molecular complexity index is 235. The highest BCUT2D eigenvalue weighted by Gasteiger charge is 2.34. The number of carbonyl (C=O) groups excluding carboxylic acids is 1. The third kappa shape index (κ3) is 3.19. The summed E-state index contributed by atoms with van der Waals surface area (Å²) in [6, 6.07) is -0.222. The SMILES string of the molecule is CC(NC1(CO)CCCCC1)C(=O)N(C)C. The van der Waals surface area contributed by atoms with E-state index in [1.807, 2.05) is 6.92 Å². The first-order chi connectivity index (χ1) is 7.51. The molecule has 0 saturated heterocycles. The van der Waals surface area contributed by atoms with Crippen LogP contribution in [0.3, 0.4) is 0 Å². The molecule has 0 aromatic carbocycles. The highest BCUT2D eigenvalue weighted by atomic mass is 16.3. The minimum atomic E-state index is -0.233. The normalized spacial score (nSPS) is 21.5. The molecule has 1 aliphatic rings. The molecule has 0 radical (unpaired) electrons. The summed E-state index contributed by atoms with van der Waals surface area (Å²) in [7, 11) is 3.51. The number of nitrogens with zero attached hydrogens (tertiary/aromatic N) is 1. The van der Waals surface area contributed by atoms with Gasteiger partial charge in [0.2, 0.25) is 5.91 Å². The molecule has 1 amide bonds. The lowest BCUT2D eigenvalue weighted by molar-refractivity contribution is -0.131. The molecule has 1 rings (SSSR count). The van der Waals surface area contributed by atoms with Gasteiger partial charge >= 0.3 is 0 Å². The first-order valence-electron chi connectivity index (χ1n) is 6.10. The van der Waals surface area contributed by atoms with Crippen LogP contribution in [0.1, 0.15) is 39.0 Å². The van der Waals surface area contributed by atoms with E-state index in [-0.39, 0.29) is 24.1 Å². The maximum Gasteiger partial charge on any atom is 0.238 e. The first-order valence-corrected chi connectivity index (χ1v) is 6.10. The predicted molar refractivity (Wildman–Crippen MR) is 64.2 cm³/mol.